The van der Waals surface area contributed by atoms with Gasteiger partial charge in [0.05, 0.1) is 17.1 Å². The first-order valence-corrected chi connectivity index (χ1v) is 10.4. The van der Waals surface area contributed by atoms with Gasteiger partial charge in [-0.15, -0.1) is 0 Å². The molecular formula is C20H23FN2O4S. The summed E-state index contributed by atoms with van der Waals surface area (Å²) in [6.45, 7) is 5.95. The van der Waals surface area contributed by atoms with E-state index in [2.05, 4.69) is 5.32 Å². The Kier molecular flexibility index (Phi) is 5.83. The number of ether oxygens (including phenoxy) is 1. The van der Waals surface area contributed by atoms with Crippen molar-refractivity contribution in [2.75, 3.05) is 18.4 Å². The summed E-state index contributed by atoms with van der Waals surface area (Å²) >= 11 is 0. The van der Waals surface area contributed by atoms with Gasteiger partial charge >= 0.3 is 0 Å². The number of hydrogen-bond donors (Lipinski definition) is 1. The number of morpholine rings is 1. The fraction of sp³-hybridized carbons (Fsp3) is 0.350. The SMILES string of the molecule is Cc1cc(F)ccc1NC(=O)c1ccc(S(=O)(=O)N2C[C@@H](C)O[C@H](C)C2)cc1. The molecule has 1 N–H and O–H groups in total. The summed E-state index contributed by atoms with van der Waals surface area (Å²) in [7, 11) is -3.66. The second-order valence-corrected chi connectivity index (χ2v) is 8.96. The highest BCUT2D eigenvalue weighted by Gasteiger charge is 2.32. The Labute approximate surface area is 164 Å². The molecule has 1 saturated heterocycles. The quantitative estimate of drug-likeness (QED) is 0.846. The van der Waals surface area contributed by atoms with Crippen molar-refractivity contribution in [2.24, 2.45) is 0 Å². The molecule has 1 fully saturated rings. The Hall–Kier alpha value is -2.29. The third-order valence-corrected chi connectivity index (χ3v) is 6.42. The van der Waals surface area contributed by atoms with E-state index in [1.165, 1.54) is 46.8 Å². The zero-order chi connectivity index (χ0) is 20.5. The monoisotopic (exact) mass is 406 g/mol. The molecule has 150 valence electrons. The normalized spacial score (nSPS) is 20.7. The fourth-order valence-corrected chi connectivity index (χ4v) is 4.81. The van der Waals surface area contributed by atoms with Crippen LogP contribution in [0, 0.1) is 12.7 Å². The second kappa shape index (κ2) is 7.98. The number of nitrogens with one attached hydrogen (secondary N) is 1. The minimum atomic E-state index is -3.66. The molecule has 8 heteroatoms. The number of amides is 1. The van der Waals surface area contributed by atoms with Crippen molar-refractivity contribution in [1.29, 1.82) is 0 Å². The number of halogens is 1. The highest BCUT2D eigenvalue weighted by molar-refractivity contribution is 7.89. The topological polar surface area (TPSA) is 75.7 Å². The summed E-state index contributed by atoms with van der Waals surface area (Å²) in [5.74, 6) is -0.774. The minimum absolute atomic E-state index is 0.128. The molecule has 2 aromatic rings. The molecule has 0 spiro atoms. The van der Waals surface area contributed by atoms with Crippen LogP contribution in [0.2, 0.25) is 0 Å². The third-order valence-electron chi connectivity index (χ3n) is 4.58. The van der Waals surface area contributed by atoms with Gasteiger partial charge in [0.25, 0.3) is 5.91 Å². The second-order valence-electron chi connectivity index (χ2n) is 7.02. The molecule has 0 aromatic heterocycles. The van der Waals surface area contributed by atoms with Gasteiger partial charge in [-0.05, 0) is 68.8 Å². The molecule has 28 heavy (non-hydrogen) atoms. The number of sulfonamides is 1. The van der Waals surface area contributed by atoms with Crippen LogP contribution in [0.5, 0.6) is 0 Å². The van der Waals surface area contributed by atoms with E-state index in [4.69, 9.17) is 4.74 Å². The van der Waals surface area contributed by atoms with Crippen molar-refractivity contribution in [1.82, 2.24) is 4.31 Å². The Bertz CT molecular complexity index is 966. The molecule has 1 aliphatic rings. The van der Waals surface area contributed by atoms with Crippen molar-refractivity contribution in [3.05, 3.63) is 59.4 Å². The van der Waals surface area contributed by atoms with Gasteiger partial charge in [-0.2, -0.15) is 4.31 Å². The van der Waals surface area contributed by atoms with Gasteiger partial charge in [-0.25, -0.2) is 12.8 Å². The summed E-state index contributed by atoms with van der Waals surface area (Å²) < 4.78 is 45.9. The molecule has 6 nitrogen and oxygen atoms in total. The van der Waals surface area contributed by atoms with E-state index >= 15 is 0 Å². The van der Waals surface area contributed by atoms with Crippen molar-refractivity contribution in [3.8, 4) is 0 Å². The maximum Gasteiger partial charge on any atom is 0.255 e. The Morgan fingerprint density at radius 2 is 1.71 bits per heavy atom. The first-order chi connectivity index (χ1) is 13.2. The summed E-state index contributed by atoms with van der Waals surface area (Å²) in [4.78, 5) is 12.5. The van der Waals surface area contributed by atoms with Crippen molar-refractivity contribution in [3.63, 3.8) is 0 Å². The summed E-state index contributed by atoms with van der Waals surface area (Å²) in [6.07, 6.45) is -0.356. The number of rotatable bonds is 4. The average Bonchev–Trinajstić information content (AvgIpc) is 2.63. The van der Waals surface area contributed by atoms with Crippen LogP contribution in [0.3, 0.4) is 0 Å². The van der Waals surface area contributed by atoms with E-state index in [0.29, 0.717) is 29.9 Å². The number of aryl methyl sites for hydroxylation is 1. The van der Waals surface area contributed by atoms with Crippen LogP contribution in [0.4, 0.5) is 10.1 Å². The zero-order valence-corrected chi connectivity index (χ0v) is 16.8. The smallest absolute Gasteiger partial charge is 0.255 e. The first kappa shape index (κ1) is 20.4. The van der Waals surface area contributed by atoms with Crippen LogP contribution in [0.15, 0.2) is 47.4 Å². The Morgan fingerprint density at radius 1 is 1.11 bits per heavy atom. The largest absolute Gasteiger partial charge is 0.373 e. The van der Waals surface area contributed by atoms with Crippen LogP contribution in [0.1, 0.15) is 29.8 Å². The van der Waals surface area contributed by atoms with Crippen LogP contribution in [-0.4, -0.2) is 43.9 Å². The number of carbonyl (C=O) groups excluding carboxylic acids is 1. The lowest BCUT2D eigenvalue weighted by atomic mass is 10.1. The Morgan fingerprint density at radius 3 is 2.29 bits per heavy atom. The number of hydrogen-bond acceptors (Lipinski definition) is 4. The molecular weight excluding hydrogens is 383 g/mol. The van der Waals surface area contributed by atoms with Gasteiger partial charge in [-0.3, -0.25) is 4.79 Å². The van der Waals surface area contributed by atoms with E-state index < -0.39 is 15.9 Å². The van der Waals surface area contributed by atoms with Gasteiger partial charge < -0.3 is 10.1 Å². The van der Waals surface area contributed by atoms with Crippen molar-refractivity contribution in [2.45, 2.75) is 37.9 Å². The van der Waals surface area contributed by atoms with E-state index in [0.717, 1.165) is 0 Å². The number of carbonyl (C=O) groups is 1. The van der Waals surface area contributed by atoms with E-state index in [9.17, 15) is 17.6 Å². The van der Waals surface area contributed by atoms with E-state index in [-0.39, 0.29) is 22.9 Å². The van der Waals surface area contributed by atoms with Crippen LogP contribution in [0.25, 0.3) is 0 Å². The maximum absolute atomic E-state index is 13.2. The van der Waals surface area contributed by atoms with Crippen molar-refractivity contribution >= 4 is 21.6 Å². The lowest BCUT2D eigenvalue weighted by Crippen LogP contribution is -2.48. The molecule has 1 heterocycles. The molecule has 0 unspecified atom stereocenters. The van der Waals surface area contributed by atoms with Crippen LogP contribution >= 0.6 is 0 Å². The fourth-order valence-electron chi connectivity index (χ4n) is 3.22. The molecule has 2 atom stereocenters. The molecule has 2 aromatic carbocycles. The molecule has 0 bridgehead atoms. The predicted octanol–water partition coefficient (Wildman–Crippen LogP) is 3.18. The average molecular weight is 406 g/mol. The lowest BCUT2D eigenvalue weighted by Gasteiger charge is -2.34. The van der Waals surface area contributed by atoms with Gasteiger partial charge in [0.1, 0.15) is 5.82 Å². The molecule has 0 aliphatic carbocycles. The summed E-state index contributed by atoms with van der Waals surface area (Å²) in [6, 6.07) is 9.86. The highest BCUT2D eigenvalue weighted by atomic mass is 32.2. The van der Waals surface area contributed by atoms with Crippen molar-refractivity contribution < 1.29 is 22.3 Å². The molecule has 1 amide bonds. The van der Waals surface area contributed by atoms with Gasteiger partial charge in [0, 0.05) is 24.3 Å². The summed E-state index contributed by atoms with van der Waals surface area (Å²) in [5.41, 5.74) is 1.41. The number of benzene rings is 2. The number of anilines is 1. The van der Waals surface area contributed by atoms with Gasteiger partial charge in [0.15, 0.2) is 0 Å². The molecule has 0 saturated carbocycles. The zero-order valence-electron chi connectivity index (χ0n) is 16.0. The predicted molar refractivity (Wildman–Crippen MR) is 104 cm³/mol. The highest BCUT2D eigenvalue weighted by Crippen LogP contribution is 2.22. The molecule has 0 radical (unpaired) electrons. The number of nitrogens with zero attached hydrogens (tertiary/aromatic N) is 1. The van der Waals surface area contributed by atoms with Crippen LogP contribution in [-0.2, 0) is 14.8 Å². The maximum atomic E-state index is 13.2. The standard InChI is InChI=1S/C20H23FN2O4S/c1-13-10-17(21)6-9-19(13)22-20(24)16-4-7-18(8-5-16)28(25,26)23-11-14(2)27-15(3)12-23/h4-10,14-15H,11-12H2,1-3H3,(H,22,24)/t14-,15-/m1/s1. The van der Waals surface area contributed by atoms with Gasteiger partial charge in [0.2, 0.25) is 10.0 Å². The molecule has 3 rings (SSSR count). The first-order valence-electron chi connectivity index (χ1n) is 9.00. The van der Waals surface area contributed by atoms with E-state index in [1.54, 1.807) is 6.92 Å². The molecule has 1 aliphatic heterocycles. The van der Waals surface area contributed by atoms with Crippen LogP contribution < -0.4 is 5.32 Å². The minimum Gasteiger partial charge on any atom is -0.373 e. The third kappa shape index (κ3) is 4.40. The summed E-state index contributed by atoms with van der Waals surface area (Å²) in [5, 5.41) is 2.70. The van der Waals surface area contributed by atoms with E-state index in [1.807, 2.05) is 13.8 Å². The lowest BCUT2D eigenvalue weighted by molar-refractivity contribution is -0.0440. The Balaban J connectivity index is 1.76. The van der Waals surface area contributed by atoms with Gasteiger partial charge in [-0.1, -0.05) is 0 Å².